The van der Waals surface area contributed by atoms with Crippen LogP contribution in [0.15, 0.2) is 42.6 Å². The molecule has 3 aromatic rings. The van der Waals surface area contributed by atoms with Crippen molar-refractivity contribution in [3.8, 4) is 0 Å². The van der Waals surface area contributed by atoms with Gasteiger partial charge in [0.2, 0.25) is 5.91 Å². The number of carbonyl (C=O) groups excluding carboxylic acids is 1. The first kappa shape index (κ1) is 19.6. The first-order valence-corrected chi connectivity index (χ1v) is 10.3. The molecular formula is C23H28N4O2. The smallest absolute Gasteiger partial charge is 0.222 e. The Balaban J connectivity index is 1.41. The summed E-state index contributed by atoms with van der Waals surface area (Å²) >= 11 is 0. The molecule has 0 spiro atoms. The van der Waals surface area contributed by atoms with Crippen molar-refractivity contribution in [1.82, 2.24) is 19.4 Å². The summed E-state index contributed by atoms with van der Waals surface area (Å²) in [5.41, 5.74) is 4.41. The number of aryl methyl sites for hydroxylation is 1. The van der Waals surface area contributed by atoms with Crippen LogP contribution in [-0.4, -0.2) is 45.6 Å². The van der Waals surface area contributed by atoms with Crippen molar-refractivity contribution >= 4 is 17.1 Å². The molecule has 4 rings (SSSR count). The second-order valence-electron chi connectivity index (χ2n) is 7.74. The second-order valence-corrected chi connectivity index (χ2v) is 7.74. The molecule has 0 unspecified atom stereocenters. The Morgan fingerprint density at radius 1 is 1.21 bits per heavy atom. The molecule has 152 valence electrons. The van der Waals surface area contributed by atoms with Crippen LogP contribution in [0.25, 0.3) is 11.2 Å². The number of hydrogen-bond donors (Lipinski definition) is 0. The Hall–Kier alpha value is -2.73. The van der Waals surface area contributed by atoms with E-state index in [2.05, 4.69) is 34.7 Å². The van der Waals surface area contributed by atoms with Crippen molar-refractivity contribution in [1.29, 1.82) is 0 Å². The van der Waals surface area contributed by atoms with Crippen LogP contribution in [0.1, 0.15) is 42.8 Å². The first-order chi connectivity index (χ1) is 14.2. The van der Waals surface area contributed by atoms with Gasteiger partial charge in [0.15, 0.2) is 5.65 Å². The Morgan fingerprint density at radius 2 is 2.03 bits per heavy atom. The summed E-state index contributed by atoms with van der Waals surface area (Å²) in [6.07, 6.45) is 4.80. The number of pyridine rings is 1. The molecule has 1 aromatic carbocycles. The normalized spacial score (nSPS) is 14.8. The van der Waals surface area contributed by atoms with E-state index in [1.165, 1.54) is 11.1 Å². The number of ether oxygens (including phenoxy) is 1. The highest BCUT2D eigenvalue weighted by molar-refractivity contribution is 5.76. The minimum absolute atomic E-state index is 0.143. The number of amides is 1. The maximum absolute atomic E-state index is 12.8. The van der Waals surface area contributed by atoms with Crippen LogP contribution in [0.5, 0.6) is 0 Å². The number of imidazole rings is 1. The van der Waals surface area contributed by atoms with Gasteiger partial charge in [0.25, 0.3) is 0 Å². The summed E-state index contributed by atoms with van der Waals surface area (Å²) in [6.45, 7) is 4.24. The molecule has 0 bridgehead atoms. The molecule has 3 heterocycles. The monoisotopic (exact) mass is 392 g/mol. The third-order valence-electron chi connectivity index (χ3n) is 5.64. The second kappa shape index (κ2) is 8.74. The van der Waals surface area contributed by atoms with Crippen molar-refractivity contribution in [3.63, 3.8) is 0 Å². The average Bonchev–Trinajstić information content (AvgIpc) is 3.11. The van der Waals surface area contributed by atoms with Gasteiger partial charge in [-0.15, -0.1) is 0 Å². The van der Waals surface area contributed by atoms with E-state index < -0.39 is 0 Å². The van der Waals surface area contributed by atoms with Crippen molar-refractivity contribution < 1.29 is 9.53 Å². The molecule has 0 saturated carbocycles. The van der Waals surface area contributed by atoms with Gasteiger partial charge in [0.1, 0.15) is 11.3 Å². The summed E-state index contributed by atoms with van der Waals surface area (Å²) in [5.74, 6) is 1.20. The summed E-state index contributed by atoms with van der Waals surface area (Å²) < 4.78 is 7.50. The highest BCUT2D eigenvalue weighted by Crippen LogP contribution is 2.22. The lowest BCUT2D eigenvalue weighted by molar-refractivity contribution is -0.132. The van der Waals surface area contributed by atoms with Crippen molar-refractivity contribution in [3.05, 3.63) is 59.5 Å². The van der Waals surface area contributed by atoms with Crippen molar-refractivity contribution in [2.45, 2.75) is 45.2 Å². The molecule has 0 aliphatic carbocycles. The van der Waals surface area contributed by atoms with E-state index in [1.54, 1.807) is 13.3 Å². The number of nitrogens with zero attached hydrogens (tertiary/aromatic N) is 4. The van der Waals surface area contributed by atoms with Gasteiger partial charge < -0.3 is 14.2 Å². The maximum atomic E-state index is 12.8. The van der Waals surface area contributed by atoms with Crippen molar-refractivity contribution in [2.24, 2.45) is 0 Å². The molecule has 0 saturated heterocycles. The Morgan fingerprint density at radius 3 is 2.86 bits per heavy atom. The number of carbonyl (C=O) groups is 1. The van der Waals surface area contributed by atoms with Gasteiger partial charge in [0, 0.05) is 39.2 Å². The zero-order valence-electron chi connectivity index (χ0n) is 17.2. The number of benzene rings is 1. The van der Waals surface area contributed by atoms with E-state index in [9.17, 15) is 4.79 Å². The number of fused-ring (bicyclic) bond motifs is 2. The van der Waals surface area contributed by atoms with Gasteiger partial charge in [-0.2, -0.15) is 0 Å². The molecule has 2 aromatic heterocycles. The Labute approximate surface area is 171 Å². The molecule has 0 fully saturated rings. The van der Waals surface area contributed by atoms with E-state index in [0.29, 0.717) is 13.0 Å². The van der Waals surface area contributed by atoms with Gasteiger partial charge in [-0.25, -0.2) is 9.97 Å². The Kier molecular flexibility index (Phi) is 5.90. The molecule has 6 nitrogen and oxygen atoms in total. The van der Waals surface area contributed by atoms with Crippen LogP contribution in [0.3, 0.4) is 0 Å². The minimum Gasteiger partial charge on any atom is -0.383 e. The number of rotatable bonds is 7. The average molecular weight is 393 g/mol. The van der Waals surface area contributed by atoms with E-state index >= 15 is 0 Å². The fourth-order valence-corrected chi connectivity index (χ4v) is 4.20. The predicted octanol–water partition coefficient (Wildman–Crippen LogP) is 3.55. The quantitative estimate of drug-likeness (QED) is 0.617. The maximum Gasteiger partial charge on any atom is 0.222 e. The van der Waals surface area contributed by atoms with Gasteiger partial charge in [-0.1, -0.05) is 24.3 Å². The zero-order valence-corrected chi connectivity index (χ0v) is 17.2. The largest absolute Gasteiger partial charge is 0.383 e. The molecule has 1 atom stereocenters. The predicted molar refractivity (Wildman–Crippen MR) is 113 cm³/mol. The number of methoxy groups -OCH3 is 1. The molecule has 0 radical (unpaired) electrons. The van der Waals surface area contributed by atoms with E-state index in [-0.39, 0.29) is 11.9 Å². The van der Waals surface area contributed by atoms with Crippen LogP contribution < -0.4 is 0 Å². The van der Waals surface area contributed by atoms with Crippen molar-refractivity contribution in [2.75, 3.05) is 20.3 Å². The first-order valence-electron chi connectivity index (χ1n) is 10.3. The molecular weight excluding hydrogens is 364 g/mol. The van der Waals surface area contributed by atoms with Gasteiger partial charge in [0.05, 0.1) is 12.6 Å². The molecule has 29 heavy (non-hydrogen) atoms. The third-order valence-corrected chi connectivity index (χ3v) is 5.64. The third kappa shape index (κ3) is 4.17. The zero-order chi connectivity index (χ0) is 20.2. The molecule has 0 N–H and O–H groups in total. The Bertz CT molecular complexity index is 997. The summed E-state index contributed by atoms with van der Waals surface area (Å²) in [7, 11) is 1.71. The molecule has 1 amide bonds. The highest BCUT2D eigenvalue weighted by atomic mass is 16.5. The van der Waals surface area contributed by atoms with E-state index in [0.717, 1.165) is 49.3 Å². The van der Waals surface area contributed by atoms with Gasteiger partial charge in [-0.3, -0.25) is 4.79 Å². The number of hydrogen-bond acceptors (Lipinski definition) is 4. The lowest BCUT2D eigenvalue weighted by Crippen LogP contribution is -2.35. The minimum atomic E-state index is 0.143. The van der Waals surface area contributed by atoms with Crippen LogP contribution >= 0.6 is 0 Å². The van der Waals surface area contributed by atoms with Crippen LogP contribution in [-0.2, 0) is 28.9 Å². The fourth-order valence-electron chi connectivity index (χ4n) is 4.20. The van der Waals surface area contributed by atoms with E-state index in [1.807, 2.05) is 23.1 Å². The van der Waals surface area contributed by atoms with Gasteiger partial charge in [-0.05, 0) is 43.0 Å². The van der Waals surface area contributed by atoms with Crippen LogP contribution in [0.4, 0.5) is 0 Å². The van der Waals surface area contributed by atoms with Crippen LogP contribution in [0.2, 0.25) is 0 Å². The summed E-state index contributed by atoms with van der Waals surface area (Å²) in [4.78, 5) is 24.0. The lowest BCUT2D eigenvalue weighted by Gasteiger charge is -2.29. The molecule has 1 aliphatic rings. The van der Waals surface area contributed by atoms with Crippen LogP contribution in [0, 0.1) is 0 Å². The molecule has 6 heteroatoms. The summed E-state index contributed by atoms with van der Waals surface area (Å²) in [6, 6.07) is 12.4. The van der Waals surface area contributed by atoms with E-state index in [4.69, 9.17) is 9.72 Å². The summed E-state index contributed by atoms with van der Waals surface area (Å²) in [5, 5.41) is 0. The standard InChI is InChI=1S/C23H28N4O2/c1-17(16-29-2)27-21(25-20-9-6-13-24-23(20)27)10-5-11-22(28)26-14-12-18-7-3-4-8-19(18)15-26/h3-4,6-9,13,17H,5,10-12,14-16H2,1-2H3/t17-/m1/s1. The topological polar surface area (TPSA) is 60.2 Å². The molecule has 1 aliphatic heterocycles. The number of aromatic nitrogens is 3. The lowest BCUT2D eigenvalue weighted by atomic mass is 9.99. The SMILES string of the molecule is COC[C@@H](C)n1c(CCCC(=O)N2CCc3ccccc3C2)nc2cccnc21. The highest BCUT2D eigenvalue weighted by Gasteiger charge is 2.21. The fraction of sp³-hybridized carbons (Fsp3) is 0.435. The van der Waals surface area contributed by atoms with Gasteiger partial charge >= 0.3 is 0 Å².